The van der Waals surface area contributed by atoms with E-state index in [1.165, 1.54) is 0 Å². The Bertz CT molecular complexity index is 843. The lowest BCUT2D eigenvalue weighted by Gasteiger charge is -2.12. The molecule has 0 aliphatic heterocycles. The molecule has 0 unspecified atom stereocenters. The highest BCUT2D eigenvalue weighted by Crippen LogP contribution is 2.27. The predicted octanol–water partition coefficient (Wildman–Crippen LogP) is 3.93. The van der Waals surface area contributed by atoms with Crippen LogP contribution < -0.4 is 14.8 Å². The lowest BCUT2D eigenvalue weighted by molar-refractivity contribution is 0.391. The molecule has 0 amide bonds. The molecule has 0 radical (unpaired) electrons. The molecule has 1 aromatic carbocycles. The zero-order chi connectivity index (χ0) is 18.4. The normalized spacial score (nSPS) is 10.2. The third kappa shape index (κ3) is 3.84. The topological polar surface area (TPSA) is 61.2 Å². The van der Waals surface area contributed by atoms with E-state index in [-0.39, 0.29) is 0 Å². The first-order chi connectivity index (χ1) is 12.1. The van der Waals surface area contributed by atoms with Crippen LogP contribution in [0.3, 0.4) is 0 Å². The van der Waals surface area contributed by atoms with Crippen molar-refractivity contribution in [3.63, 3.8) is 0 Å². The molecule has 2 aromatic heterocycles. The first-order valence-electron chi connectivity index (χ1n) is 8.37. The highest BCUT2D eigenvalue weighted by atomic mass is 16.5. The fourth-order valence-corrected chi connectivity index (χ4v) is 2.72. The summed E-state index contributed by atoms with van der Waals surface area (Å²) < 4.78 is 12.5. The van der Waals surface area contributed by atoms with Gasteiger partial charge in [0, 0.05) is 31.4 Å². The molecule has 134 valence electrons. The van der Waals surface area contributed by atoms with Gasteiger partial charge in [0.25, 0.3) is 0 Å². The van der Waals surface area contributed by atoms with Crippen LogP contribution in [0.4, 0.5) is 5.82 Å². The number of aromatic nitrogens is 3. The molecule has 1 N–H and O–H groups in total. The summed E-state index contributed by atoms with van der Waals surface area (Å²) in [6, 6.07) is 7.75. The Morgan fingerprint density at radius 1 is 1.12 bits per heavy atom. The second kappa shape index (κ2) is 8.37. The maximum absolute atomic E-state index is 5.43. The van der Waals surface area contributed by atoms with Crippen molar-refractivity contribution in [2.45, 2.75) is 27.3 Å². The number of rotatable bonds is 5. The van der Waals surface area contributed by atoms with E-state index in [2.05, 4.69) is 15.4 Å². The van der Waals surface area contributed by atoms with Gasteiger partial charge in [-0.1, -0.05) is 13.8 Å². The largest absolute Gasteiger partial charge is 0.497 e. The third-order valence-electron chi connectivity index (χ3n) is 3.88. The Balaban J connectivity index is 0.00000109. The number of hydrogen-bond acceptors (Lipinski definition) is 5. The molecule has 0 spiro atoms. The number of anilines is 1. The van der Waals surface area contributed by atoms with Crippen LogP contribution in [0.25, 0.3) is 10.9 Å². The molecule has 2 heterocycles. The number of nitrogens with one attached hydrogen (secondary N) is 1. The van der Waals surface area contributed by atoms with E-state index in [1.807, 2.05) is 56.8 Å². The van der Waals surface area contributed by atoms with Crippen molar-refractivity contribution < 1.29 is 9.47 Å². The monoisotopic (exact) mass is 342 g/mol. The number of hydrogen-bond donors (Lipinski definition) is 1. The summed E-state index contributed by atoms with van der Waals surface area (Å²) in [7, 11) is 5.23. The summed E-state index contributed by atoms with van der Waals surface area (Å²) in [6.07, 6.45) is 1.79. The molecule has 0 aliphatic rings. The predicted molar refractivity (Wildman–Crippen MR) is 101 cm³/mol. The van der Waals surface area contributed by atoms with E-state index >= 15 is 0 Å². The maximum atomic E-state index is 5.43. The summed E-state index contributed by atoms with van der Waals surface area (Å²) in [6.45, 7) is 6.59. The van der Waals surface area contributed by atoms with Crippen molar-refractivity contribution in [1.29, 1.82) is 0 Å². The fourth-order valence-electron chi connectivity index (χ4n) is 2.72. The number of ether oxygens (including phenoxy) is 2. The summed E-state index contributed by atoms with van der Waals surface area (Å²) in [4.78, 5) is 4.46. The van der Waals surface area contributed by atoms with Crippen molar-refractivity contribution in [2.75, 3.05) is 19.5 Å². The summed E-state index contributed by atoms with van der Waals surface area (Å²) in [5.41, 5.74) is 3.05. The van der Waals surface area contributed by atoms with Gasteiger partial charge in [-0.15, -0.1) is 0 Å². The zero-order valence-electron chi connectivity index (χ0n) is 15.8. The van der Waals surface area contributed by atoms with Gasteiger partial charge in [-0.25, -0.2) is 4.98 Å². The van der Waals surface area contributed by atoms with Crippen LogP contribution in [0.2, 0.25) is 0 Å². The molecule has 0 aliphatic carbocycles. The fraction of sp³-hybridized carbons (Fsp3) is 0.368. The minimum absolute atomic E-state index is 0.605. The van der Waals surface area contributed by atoms with Crippen molar-refractivity contribution in [1.82, 2.24) is 14.8 Å². The van der Waals surface area contributed by atoms with Crippen molar-refractivity contribution in [3.8, 4) is 11.5 Å². The Hall–Kier alpha value is -2.76. The van der Waals surface area contributed by atoms with Gasteiger partial charge in [0.2, 0.25) is 0 Å². The van der Waals surface area contributed by atoms with Crippen LogP contribution in [0.15, 0.2) is 30.5 Å². The highest BCUT2D eigenvalue weighted by molar-refractivity contribution is 5.91. The van der Waals surface area contributed by atoms with Gasteiger partial charge in [-0.3, -0.25) is 4.68 Å². The first kappa shape index (κ1) is 18.6. The Kier molecular flexibility index (Phi) is 6.22. The molecule has 6 nitrogen and oxygen atoms in total. The molecule has 0 saturated heterocycles. The van der Waals surface area contributed by atoms with Crippen LogP contribution in [0.1, 0.15) is 25.1 Å². The smallest absolute Gasteiger partial charge is 0.137 e. The molecule has 0 atom stereocenters. The molecule has 0 saturated carbocycles. The Labute approximate surface area is 148 Å². The Morgan fingerprint density at radius 2 is 1.88 bits per heavy atom. The minimum Gasteiger partial charge on any atom is -0.497 e. The van der Waals surface area contributed by atoms with Gasteiger partial charge in [0.1, 0.15) is 17.3 Å². The van der Waals surface area contributed by atoms with E-state index in [9.17, 15) is 0 Å². The molecule has 0 fully saturated rings. The summed E-state index contributed by atoms with van der Waals surface area (Å²) in [5.74, 6) is 2.38. The number of methoxy groups -OCH3 is 2. The highest BCUT2D eigenvalue weighted by Gasteiger charge is 2.11. The van der Waals surface area contributed by atoms with Gasteiger partial charge in [-0.05, 0) is 25.1 Å². The zero-order valence-corrected chi connectivity index (χ0v) is 15.8. The van der Waals surface area contributed by atoms with E-state index in [4.69, 9.17) is 9.47 Å². The molecule has 0 bridgehead atoms. The van der Waals surface area contributed by atoms with E-state index in [0.29, 0.717) is 6.54 Å². The SMILES string of the molecule is CC.COc1ccc(CNc2nccc3c2c(C)nn3C)c(OC)c1. The lowest BCUT2D eigenvalue weighted by Crippen LogP contribution is -2.04. The molecular formula is C19H26N4O2. The average molecular weight is 342 g/mol. The van der Waals surface area contributed by atoms with Crippen LogP contribution in [0.5, 0.6) is 11.5 Å². The van der Waals surface area contributed by atoms with Gasteiger partial charge in [0.05, 0.1) is 30.8 Å². The van der Waals surface area contributed by atoms with E-state index in [1.54, 1.807) is 20.4 Å². The number of fused-ring (bicyclic) bond motifs is 1. The lowest BCUT2D eigenvalue weighted by atomic mass is 10.2. The molecule has 6 heteroatoms. The number of nitrogens with zero attached hydrogens (tertiary/aromatic N) is 3. The van der Waals surface area contributed by atoms with Gasteiger partial charge >= 0.3 is 0 Å². The molecular weight excluding hydrogens is 316 g/mol. The van der Waals surface area contributed by atoms with Crippen LogP contribution in [-0.2, 0) is 13.6 Å². The van der Waals surface area contributed by atoms with Crippen molar-refractivity contribution >= 4 is 16.7 Å². The minimum atomic E-state index is 0.605. The molecule has 25 heavy (non-hydrogen) atoms. The summed E-state index contributed by atoms with van der Waals surface area (Å²) in [5, 5.41) is 8.89. The quantitative estimate of drug-likeness (QED) is 0.761. The van der Waals surface area contributed by atoms with Crippen LogP contribution >= 0.6 is 0 Å². The van der Waals surface area contributed by atoms with Crippen molar-refractivity contribution in [2.24, 2.45) is 7.05 Å². The van der Waals surface area contributed by atoms with E-state index in [0.717, 1.165) is 39.5 Å². The van der Waals surface area contributed by atoms with E-state index < -0.39 is 0 Å². The first-order valence-corrected chi connectivity index (χ1v) is 8.37. The number of benzene rings is 1. The Morgan fingerprint density at radius 3 is 2.56 bits per heavy atom. The number of pyridine rings is 1. The molecule has 3 rings (SSSR count). The van der Waals surface area contributed by atoms with Gasteiger partial charge in [0.15, 0.2) is 0 Å². The molecule has 3 aromatic rings. The third-order valence-corrected chi connectivity index (χ3v) is 3.88. The van der Waals surface area contributed by atoms with Gasteiger partial charge < -0.3 is 14.8 Å². The average Bonchev–Trinajstić information content (AvgIpc) is 2.96. The summed E-state index contributed by atoms with van der Waals surface area (Å²) >= 11 is 0. The van der Waals surface area contributed by atoms with Crippen LogP contribution in [-0.4, -0.2) is 29.0 Å². The second-order valence-electron chi connectivity index (χ2n) is 5.29. The number of aryl methyl sites for hydroxylation is 2. The van der Waals surface area contributed by atoms with Crippen molar-refractivity contribution in [3.05, 3.63) is 41.7 Å². The maximum Gasteiger partial charge on any atom is 0.137 e. The van der Waals surface area contributed by atoms with Gasteiger partial charge in [-0.2, -0.15) is 5.10 Å². The second-order valence-corrected chi connectivity index (χ2v) is 5.29. The van der Waals surface area contributed by atoms with Crippen LogP contribution in [0, 0.1) is 6.92 Å². The standard InChI is InChI=1S/C17H20N4O2.C2H6/c1-11-16-14(21(2)20-11)7-8-18-17(16)19-10-12-5-6-13(22-3)9-15(12)23-4;1-2/h5-9H,10H2,1-4H3,(H,18,19);1-2H3.